The van der Waals surface area contributed by atoms with Gasteiger partial charge in [0, 0.05) is 12.1 Å². The highest BCUT2D eigenvalue weighted by atomic mass is 16.5. The number of hydrogen-bond acceptors (Lipinski definition) is 4. The Balaban J connectivity index is 1.97. The molecule has 19 heavy (non-hydrogen) atoms. The predicted octanol–water partition coefficient (Wildman–Crippen LogP) is 3.03. The van der Waals surface area contributed by atoms with E-state index < -0.39 is 0 Å². The summed E-state index contributed by atoms with van der Waals surface area (Å²) in [6, 6.07) is 13.6. The first-order valence-electron chi connectivity index (χ1n) is 6.15. The van der Waals surface area contributed by atoms with Gasteiger partial charge in [-0.3, -0.25) is 0 Å². The van der Waals surface area contributed by atoms with Crippen LogP contribution >= 0.6 is 0 Å². The van der Waals surface area contributed by atoms with E-state index in [-0.39, 0.29) is 12.6 Å². The lowest BCUT2D eigenvalue weighted by Gasteiger charge is -2.13. The number of ether oxygens (including phenoxy) is 1. The highest BCUT2D eigenvalue weighted by Crippen LogP contribution is 2.19. The minimum Gasteiger partial charge on any atom is -0.478 e. The normalized spacial score (nSPS) is 11.8. The van der Waals surface area contributed by atoms with Crippen molar-refractivity contribution in [2.75, 3.05) is 6.61 Å². The summed E-state index contributed by atoms with van der Waals surface area (Å²) < 4.78 is 10.7. The van der Waals surface area contributed by atoms with Crippen LogP contribution in [0.3, 0.4) is 0 Å². The minimum atomic E-state index is 0.0603. The fourth-order valence-corrected chi connectivity index (χ4v) is 1.80. The van der Waals surface area contributed by atoms with E-state index in [1.807, 2.05) is 49.4 Å². The van der Waals surface area contributed by atoms with Gasteiger partial charge in [-0.2, -0.15) is 5.26 Å². The molecule has 0 aliphatic heterocycles. The molecule has 1 heterocycles. The van der Waals surface area contributed by atoms with Gasteiger partial charge < -0.3 is 14.5 Å². The molecule has 0 saturated heterocycles. The molecule has 0 aliphatic carbocycles. The summed E-state index contributed by atoms with van der Waals surface area (Å²) in [5.41, 5.74) is 1.02. The first kappa shape index (κ1) is 13.2. The summed E-state index contributed by atoms with van der Waals surface area (Å²) in [6.07, 6.45) is 1.66. The van der Waals surface area contributed by atoms with Crippen LogP contribution in [0.4, 0.5) is 0 Å². The van der Waals surface area contributed by atoms with Crippen LogP contribution in [0, 0.1) is 11.3 Å². The smallest absolute Gasteiger partial charge is 0.174 e. The highest BCUT2D eigenvalue weighted by Gasteiger charge is 2.09. The second kappa shape index (κ2) is 6.62. The molecule has 4 heteroatoms. The Kier molecular flexibility index (Phi) is 4.60. The Labute approximate surface area is 112 Å². The molecule has 0 spiro atoms. The van der Waals surface area contributed by atoms with E-state index >= 15 is 0 Å². The molecule has 4 nitrogen and oxygen atoms in total. The summed E-state index contributed by atoms with van der Waals surface area (Å²) in [5, 5.41) is 11.9. The molecular weight excluding hydrogens is 240 g/mol. The van der Waals surface area contributed by atoms with E-state index in [0.29, 0.717) is 6.54 Å². The quantitative estimate of drug-likeness (QED) is 0.863. The van der Waals surface area contributed by atoms with Gasteiger partial charge in [-0.25, -0.2) is 0 Å². The topological polar surface area (TPSA) is 58.2 Å². The third-order valence-electron chi connectivity index (χ3n) is 2.83. The first-order chi connectivity index (χ1) is 9.31. The second-order valence-electron chi connectivity index (χ2n) is 4.17. The molecule has 1 atom stereocenters. The van der Waals surface area contributed by atoms with Gasteiger partial charge in [0.15, 0.2) is 6.61 Å². The standard InChI is InChI=1S/C15H16N2O2/c1-12(14-7-4-9-18-14)17-11-13-5-2-3-6-15(13)19-10-8-16/h2-7,9,12,17H,10-11H2,1H3/t12-/m0/s1. The van der Waals surface area contributed by atoms with E-state index in [2.05, 4.69) is 5.32 Å². The van der Waals surface area contributed by atoms with Crippen LogP contribution < -0.4 is 10.1 Å². The molecular formula is C15H16N2O2. The lowest BCUT2D eigenvalue weighted by atomic mass is 10.2. The van der Waals surface area contributed by atoms with Gasteiger partial charge in [0.05, 0.1) is 12.3 Å². The van der Waals surface area contributed by atoms with Crippen LogP contribution in [0.5, 0.6) is 5.75 Å². The van der Waals surface area contributed by atoms with Crippen LogP contribution in [-0.4, -0.2) is 6.61 Å². The van der Waals surface area contributed by atoms with E-state index in [0.717, 1.165) is 17.1 Å². The van der Waals surface area contributed by atoms with Crippen molar-refractivity contribution in [1.82, 2.24) is 5.32 Å². The number of para-hydroxylation sites is 1. The van der Waals surface area contributed by atoms with Gasteiger partial charge in [-0.1, -0.05) is 18.2 Å². The average Bonchev–Trinajstić information content (AvgIpc) is 2.97. The molecule has 0 unspecified atom stereocenters. The Morgan fingerprint density at radius 1 is 1.32 bits per heavy atom. The zero-order valence-corrected chi connectivity index (χ0v) is 10.8. The lowest BCUT2D eigenvalue weighted by Crippen LogP contribution is -2.18. The average molecular weight is 256 g/mol. The van der Waals surface area contributed by atoms with Crippen molar-refractivity contribution in [3.05, 3.63) is 54.0 Å². The molecule has 0 amide bonds. The van der Waals surface area contributed by atoms with E-state index in [1.54, 1.807) is 6.26 Å². The van der Waals surface area contributed by atoms with Crippen molar-refractivity contribution in [1.29, 1.82) is 5.26 Å². The molecule has 1 aromatic carbocycles. The third-order valence-corrected chi connectivity index (χ3v) is 2.83. The minimum absolute atomic E-state index is 0.0603. The number of hydrogen-bond donors (Lipinski definition) is 1. The van der Waals surface area contributed by atoms with Crippen molar-refractivity contribution in [2.45, 2.75) is 19.5 Å². The molecule has 0 bridgehead atoms. The summed E-state index contributed by atoms with van der Waals surface area (Å²) in [7, 11) is 0. The third kappa shape index (κ3) is 3.60. The first-order valence-corrected chi connectivity index (χ1v) is 6.15. The van der Waals surface area contributed by atoms with Gasteiger partial charge in [0.25, 0.3) is 0 Å². The van der Waals surface area contributed by atoms with Crippen molar-refractivity contribution in [3.8, 4) is 11.8 Å². The van der Waals surface area contributed by atoms with Gasteiger partial charge in [-0.05, 0) is 25.1 Å². The van der Waals surface area contributed by atoms with Crippen molar-refractivity contribution in [3.63, 3.8) is 0 Å². The Morgan fingerprint density at radius 3 is 2.89 bits per heavy atom. The Hall–Kier alpha value is -2.25. The predicted molar refractivity (Wildman–Crippen MR) is 71.5 cm³/mol. The van der Waals surface area contributed by atoms with Crippen LogP contribution in [0.25, 0.3) is 0 Å². The van der Waals surface area contributed by atoms with Crippen molar-refractivity contribution >= 4 is 0 Å². The molecule has 1 aromatic heterocycles. The summed E-state index contributed by atoms with van der Waals surface area (Å²) >= 11 is 0. The highest BCUT2D eigenvalue weighted by molar-refractivity contribution is 5.33. The molecule has 0 saturated carbocycles. The molecule has 0 radical (unpaired) electrons. The summed E-state index contributed by atoms with van der Waals surface area (Å²) in [6.45, 7) is 2.76. The molecule has 2 aromatic rings. The maximum Gasteiger partial charge on any atom is 0.174 e. The van der Waals surface area contributed by atoms with Gasteiger partial charge in [-0.15, -0.1) is 0 Å². The molecule has 1 N–H and O–H groups in total. The van der Waals surface area contributed by atoms with Crippen molar-refractivity contribution in [2.24, 2.45) is 0 Å². The fraction of sp³-hybridized carbons (Fsp3) is 0.267. The van der Waals surface area contributed by atoms with Gasteiger partial charge >= 0.3 is 0 Å². The second-order valence-corrected chi connectivity index (χ2v) is 4.17. The maximum atomic E-state index is 8.56. The summed E-state index contributed by atoms with van der Waals surface area (Å²) in [4.78, 5) is 0. The molecule has 98 valence electrons. The number of furan rings is 1. The monoisotopic (exact) mass is 256 g/mol. The lowest BCUT2D eigenvalue weighted by molar-refractivity contribution is 0.360. The van der Waals surface area contributed by atoms with E-state index in [9.17, 15) is 0 Å². The van der Waals surface area contributed by atoms with Crippen LogP contribution in [0.2, 0.25) is 0 Å². The number of nitrogens with one attached hydrogen (secondary N) is 1. The number of nitriles is 1. The zero-order chi connectivity index (χ0) is 13.5. The SMILES string of the molecule is C[C@H](NCc1ccccc1OCC#N)c1ccco1. The van der Waals surface area contributed by atoms with Crippen LogP contribution in [0.1, 0.15) is 24.3 Å². The number of benzene rings is 1. The van der Waals surface area contributed by atoms with Crippen LogP contribution in [0.15, 0.2) is 47.1 Å². The fourth-order valence-electron chi connectivity index (χ4n) is 1.80. The van der Waals surface area contributed by atoms with Gasteiger partial charge in [0.2, 0.25) is 0 Å². The summed E-state index contributed by atoms with van der Waals surface area (Å²) in [5.74, 6) is 1.64. The number of nitrogens with zero attached hydrogens (tertiary/aromatic N) is 1. The largest absolute Gasteiger partial charge is 0.478 e. The van der Waals surface area contributed by atoms with E-state index in [1.165, 1.54) is 0 Å². The maximum absolute atomic E-state index is 8.56. The van der Waals surface area contributed by atoms with E-state index in [4.69, 9.17) is 14.4 Å². The molecule has 0 fully saturated rings. The Morgan fingerprint density at radius 2 is 2.16 bits per heavy atom. The molecule has 2 rings (SSSR count). The molecule has 0 aliphatic rings. The number of rotatable bonds is 6. The van der Waals surface area contributed by atoms with Crippen LogP contribution in [-0.2, 0) is 6.54 Å². The van der Waals surface area contributed by atoms with Gasteiger partial charge in [0.1, 0.15) is 17.6 Å². The van der Waals surface area contributed by atoms with Crippen molar-refractivity contribution < 1.29 is 9.15 Å². The Bertz CT molecular complexity index is 544. The zero-order valence-electron chi connectivity index (χ0n) is 10.8.